The molecule has 0 heterocycles. The van der Waals surface area contributed by atoms with E-state index in [9.17, 15) is 17.6 Å². The van der Waals surface area contributed by atoms with E-state index >= 15 is 0 Å². The van der Waals surface area contributed by atoms with E-state index in [4.69, 9.17) is 14.2 Å². The van der Waals surface area contributed by atoms with Gasteiger partial charge in [-0.05, 0) is 48.5 Å². The molecule has 0 bridgehead atoms. The van der Waals surface area contributed by atoms with Crippen molar-refractivity contribution in [3.63, 3.8) is 0 Å². The zero-order chi connectivity index (χ0) is 20.7. The van der Waals surface area contributed by atoms with E-state index in [0.29, 0.717) is 11.1 Å². The third-order valence-electron chi connectivity index (χ3n) is 3.76. The molecule has 0 atom stereocenters. The van der Waals surface area contributed by atoms with Crippen molar-refractivity contribution in [2.75, 3.05) is 21.3 Å². The summed E-state index contributed by atoms with van der Waals surface area (Å²) in [5.74, 6) is -0.939. The van der Waals surface area contributed by atoms with Gasteiger partial charge in [0.05, 0.1) is 14.2 Å². The Morgan fingerprint density at radius 1 is 1.11 bits per heavy atom. The zero-order valence-electron chi connectivity index (χ0n) is 15.6. The molecule has 0 aliphatic rings. The molecule has 7 nitrogen and oxygen atoms in total. The van der Waals surface area contributed by atoms with Crippen molar-refractivity contribution in [1.29, 1.82) is 0 Å². The number of rotatable bonds is 8. The van der Waals surface area contributed by atoms with Gasteiger partial charge in [0.1, 0.15) is 17.3 Å². The fourth-order valence-corrected chi connectivity index (χ4v) is 3.21. The van der Waals surface area contributed by atoms with Gasteiger partial charge in [0.2, 0.25) is 10.0 Å². The van der Waals surface area contributed by atoms with Gasteiger partial charge >= 0.3 is 5.97 Å². The van der Waals surface area contributed by atoms with Crippen molar-refractivity contribution in [2.45, 2.75) is 11.5 Å². The second-order valence-electron chi connectivity index (χ2n) is 5.53. The number of ether oxygens (including phenoxy) is 3. The number of benzene rings is 2. The monoisotopic (exact) mass is 409 g/mol. The van der Waals surface area contributed by atoms with Gasteiger partial charge in [-0.15, -0.1) is 0 Å². The second kappa shape index (κ2) is 9.34. The standard InChI is InChI=1S/C19H20FNO6S/c1-21-28(23,24)18-11-13(4-8-17(18)26-3)6-9-19(22)27-12-14-5-7-16(25-2)15(20)10-14/h4-11,21H,12H2,1-3H3/b9-6+. The summed E-state index contributed by atoms with van der Waals surface area (Å²) in [4.78, 5) is 11.8. The molecule has 0 saturated carbocycles. The number of carbonyl (C=O) groups excluding carboxylic acids is 1. The molecule has 0 aliphatic carbocycles. The Kier molecular flexibility index (Phi) is 7.13. The molecule has 9 heteroatoms. The number of hydrogen-bond donors (Lipinski definition) is 1. The average Bonchev–Trinajstić information content (AvgIpc) is 2.70. The van der Waals surface area contributed by atoms with E-state index in [2.05, 4.69) is 4.72 Å². The first-order chi connectivity index (χ1) is 13.3. The SMILES string of the molecule is CNS(=O)(=O)c1cc(/C=C/C(=O)OCc2ccc(OC)c(F)c2)ccc1OC. The average molecular weight is 409 g/mol. The van der Waals surface area contributed by atoms with Gasteiger partial charge in [-0.25, -0.2) is 22.3 Å². The maximum atomic E-state index is 13.6. The lowest BCUT2D eigenvalue weighted by Crippen LogP contribution is -2.19. The quantitative estimate of drug-likeness (QED) is 0.532. The van der Waals surface area contributed by atoms with Crippen molar-refractivity contribution in [3.8, 4) is 11.5 Å². The van der Waals surface area contributed by atoms with Gasteiger partial charge in [-0.3, -0.25) is 0 Å². The molecule has 2 rings (SSSR count). The lowest BCUT2D eigenvalue weighted by molar-refractivity contribution is -0.138. The van der Waals surface area contributed by atoms with Crippen LogP contribution in [0.2, 0.25) is 0 Å². The van der Waals surface area contributed by atoms with Gasteiger partial charge < -0.3 is 14.2 Å². The summed E-state index contributed by atoms with van der Waals surface area (Å²) in [6.07, 6.45) is 2.56. The molecule has 0 radical (unpaired) electrons. The van der Waals surface area contributed by atoms with Gasteiger partial charge in [0.25, 0.3) is 0 Å². The Morgan fingerprint density at radius 2 is 1.79 bits per heavy atom. The van der Waals surface area contributed by atoms with Crippen LogP contribution >= 0.6 is 0 Å². The summed E-state index contributed by atoms with van der Waals surface area (Å²) < 4.78 is 54.9. The van der Waals surface area contributed by atoms with Gasteiger partial charge in [0, 0.05) is 6.08 Å². The van der Waals surface area contributed by atoms with Crippen LogP contribution in [0.1, 0.15) is 11.1 Å². The number of esters is 1. The highest BCUT2D eigenvalue weighted by Gasteiger charge is 2.17. The normalized spacial score (nSPS) is 11.4. The minimum Gasteiger partial charge on any atom is -0.495 e. The number of carbonyl (C=O) groups is 1. The van der Waals surface area contributed by atoms with Crippen LogP contribution in [0.4, 0.5) is 4.39 Å². The zero-order valence-corrected chi connectivity index (χ0v) is 16.4. The Bertz CT molecular complexity index is 988. The topological polar surface area (TPSA) is 90.9 Å². The first kappa shape index (κ1) is 21.4. The fourth-order valence-electron chi connectivity index (χ4n) is 2.28. The molecule has 2 aromatic rings. The molecule has 0 aliphatic heterocycles. The molecular weight excluding hydrogens is 389 g/mol. The van der Waals surface area contributed by atoms with Crippen LogP contribution in [-0.4, -0.2) is 35.7 Å². The Balaban J connectivity index is 2.08. The summed E-state index contributed by atoms with van der Waals surface area (Å²) in [5.41, 5.74) is 0.925. The first-order valence-corrected chi connectivity index (χ1v) is 9.58. The summed E-state index contributed by atoms with van der Waals surface area (Å²) in [6, 6.07) is 8.68. The Labute approximate surface area is 162 Å². The highest BCUT2D eigenvalue weighted by atomic mass is 32.2. The number of sulfonamides is 1. The lowest BCUT2D eigenvalue weighted by Gasteiger charge is -2.09. The van der Waals surface area contributed by atoms with Gasteiger partial charge in [0.15, 0.2) is 11.6 Å². The predicted octanol–water partition coefficient (Wildman–Crippen LogP) is 2.51. The molecule has 0 spiro atoms. The van der Waals surface area contributed by atoms with Crippen molar-refractivity contribution in [2.24, 2.45) is 0 Å². The van der Waals surface area contributed by atoms with E-state index in [1.165, 1.54) is 51.6 Å². The number of nitrogens with one attached hydrogen (secondary N) is 1. The number of methoxy groups -OCH3 is 2. The molecule has 150 valence electrons. The number of hydrogen-bond acceptors (Lipinski definition) is 6. The molecule has 2 aromatic carbocycles. The van der Waals surface area contributed by atoms with Crippen LogP contribution in [0.3, 0.4) is 0 Å². The number of halogens is 1. The largest absolute Gasteiger partial charge is 0.495 e. The van der Waals surface area contributed by atoms with Gasteiger partial charge in [-0.2, -0.15) is 0 Å². The lowest BCUT2D eigenvalue weighted by atomic mass is 10.2. The highest BCUT2D eigenvalue weighted by molar-refractivity contribution is 7.89. The second-order valence-corrected chi connectivity index (χ2v) is 7.38. The summed E-state index contributed by atoms with van der Waals surface area (Å²) in [6.45, 7) is -0.119. The maximum Gasteiger partial charge on any atom is 0.331 e. The molecule has 0 unspecified atom stereocenters. The van der Waals surface area contributed by atoms with Crippen molar-refractivity contribution >= 4 is 22.1 Å². The van der Waals surface area contributed by atoms with E-state index in [-0.39, 0.29) is 23.0 Å². The molecular formula is C19H20FNO6S. The van der Waals surface area contributed by atoms with Crippen LogP contribution in [0.25, 0.3) is 6.08 Å². The minimum absolute atomic E-state index is 0.0540. The Morgan fingerprint density at radius 3 is 2.39 bits per heavy atom. The highest BCUT2D eigenvalue weighted by Crippen LogP contribution is 2.25. The summed E-state index contributed by atoms with van der Waals surface area (Å²) in [5, 5.41) is 0. The summed E-state index contributed by atoms with van der Waals surface area (Å²) >= 11 is 0. The third-order valence-corrected chi connectivity index (χ3v) is 5.19. The van der Waals surface area contributed by atoms with Crippen LogP contribution in [0, 0.1) is 5.82 Å². The molecule has 1 N–H and O–H groups in total. The van der Waals surface area contributed by atoms with Crippen molar-refractivity contribution in [1.82, 2.24) is 4.72 Å². The van der Waals surface area contributed by atoms with Crippen LogP contribution < -0.4 is 14.2 Å². The first-order valence-electron chi connectivity index (χ1n) is 8.09. The Hall–Kier alpha value is -2.91. The predicted molar refractivity (Wildman–Crippen MR) is 101 cm³/mol. The smallest absolute Gasteiger partial charge is 0.331 e. The van der Waals surface area contributed by atoms with E-state index < -0.39 is 21.8 Å². The van der Waals surface area contributed by atoms with Crippen molar-refractivity contribution in [3.05, 3.63) is 59.4 Å². The summed E-state index contributed by atoms with van der Waals surface area (Å²) in [7, 11) is 0.276. The molecule has 28 heavy (non-hydrogen) atoms. The van der Waals surface area contributed by atoms with E-state index in [0.717, 1.165) is 6.08 Å². The molecule has 0 fully saturated rings. The third kappa shape index (κ3) is 5.30. The van der Waals surface area contributed by atoms with Crippen molar-refractivity contribution < 1.29 is 31.8 Å². The minimum atomic E-state index is -3.73. The van der Waals surface area contributed by atoms with E-state index in [1.807, 2.05) is 0 Å². The van der Waals surface area contributed by atoms with Crippen LogP contribution in [0.5, 0.6) is 11.5 Å². The van der Waals surface area contributed by atoms with Gasteiger partial charge in [-0.1, -0.05) is 12.1 Å². The maximum absolute atomic E-state index is 13.6. The molecule has 0 amide bonds. The fraction of sp³-hybridized carbons (Fsp3) is 0.211. The molecule has 0 saturated heterocycles. The van der Waals surface area contributed by atoms with Crippen LogP contribution in [0.15, 0.2) is 47.4 Å². The van der Waals surface area contributed by atoms with E-state index in [1.54, 1.807) is 12.1 Å². The molecule has 0 aromatic heterocycles. The van der Waals surface area contributed by atoms with Crippen LogP contribution in [-0.2, 0) is 26.2 Å².